The van der Waals surface area contributed by atoms with Crippen LogP contribution in [0.1, 0.15) is 41.7 Å². The molecule has 2 aliphatic rings. The fraction of sp³-hybridized carbons (Fsp3) is 0.122. The highest BCUT2D eigenvalue weighted by Crippen LogP contribution is 2.47. The van der Waals surface area contributed by atoms with Crippen LogP contribution in [0.15, 0.2) is 111 Å². The molecule has 7 aromatic rings. The van der Waals surface area contributed by atoms with Crippen LogP contribution in [0, 0.1) is 6.92 Å². The number of hydrogen-bond donors (Lipinski definition) is 0. The van der Waals surface area contributed by atoms with E-state index in [9.17, 15) is 0 Å². The molecule has 0 atom stereocenters. The monoisotopic (exact) mass is 664 g/mol. The van der Waals surface area contributed by atoms with Crippen molar-refractivity contribution in [3.63, 3.8) is 0 Å². The number of benzene rings is 6. The van der Waals surface area contributed by atoms with Crippen LogP contribution < -0.4 is 0 Å². The Morgan fingerprint density at radius 1 is 0.651 bits per heavy atom. The Morgan fingerprint density at radius 3 is 2.28 bits per heavy atom. The zero-order valence-electron chi connectivity index (χ0n) is 24.0. The smallest absolute Gasteiger partial charge is 0.142 e. The van der Waals surface area contributed by atoms with Crippen LogP contribution in [-0.2, 0) is 6.42 Å². The summed E-state index contributed by atoms with van der Waals surface area (Å²) in [5, 5.41) is 9.15. The van der Waals surface area contributed by atoms with Gasteiger partial charge in [-0.3, -0.25) is 0 Å². The Hall–Kier alpha value is -4.15. The summed E-state index contributed by atoms with van der Waals surface area (Å²) in [4.78, 5) is 0. The van der Waals surface area contributed by atoms with Gasteiger partial charge in [-0.25, -0.2) is 0 Å². The number of rotatable bonds is 3. The van der Waals surface area contributed by atoms with Crippen molar-refractivity contribution in [3.8, 4) is 22.3 Å². The van der Waals surface area contributed by atoms with Crippen molar-refractivity contribution < 1.29 is 4.42 Å². The fourth-order valence-corrected chi connectivity index (χ4v) is 7.84. The van der Waals surface area contributed by atoms with Gasteiger partial charge in [0.25, 0.3) is 0 Å². The number of halogens is 1. The maximum absolute atomic E-state index is 6.68. The van der Waals surface area contributed by atoms with E-state index in [-0.39, 0.29) is 0 Å². The van der Waals surface area contributed by atoms with E-state index in [2.05, 4.69) is 139 Å². The molecule has 0 N–H and O–H groups in total. The summed E-state index contributed by atoms with van der Waals surface area (Å²) in [5.74, 6) is 1.11. The predicted molar refractivity (Wildman–Crippen MR) is 192 cm³/mol. The Morgan fingerprint density at radius 2 is 1.44 bits per heavy atom. The lowest BCUT2D eigenvalue weighted by Gasteiger charge is -2.21. The van der Waals surface area contributed by atoms with E-state index >= 15 is 0 Å². The summed E-state index contributed by atoms with van der Waals surface area (Å²) < 4.78 is 8.09. The highest BCUT2D eigenvalue weighted by atomic mass is 127. The Bertz CT molecular complexity index is 2340. The number of allylic oxidation sites excluding steroid dienone is 5. The second-order valence-electron chi connectivity index (χ2n) is 12.1. The maximum Gasteiger partial charge on any atom is 0.142 e. The van der Waals surface area contributed by atoms with Crippen molar-refractivity contribution in [2.24, 2.45) is 0 Å². The second-order valence-corrected chi connectivity index (χ2v) is 13.5. The van der Waals surface area contributed by atoms with Crippen LogP contribution in [0.3, 0.4) is 0 Å². The van der Waals surface area contributed by atoms with Gasteiger partial charge in [-0.05, 0) is 119 Å². The summed E-state index contributed by atoms with van der Waals surface area (Å²) in [6.07, 6.45) is 13.3. The van der Waals surface area contributed by atoms with Gasteiger partial charge < -0.3 is 4.42 Å². The SMILES string of the molecule is Cc1ccc(-c2ccc3ccc4c(C5=CC=C(I)CC5)cc(-c5cccc6c7c(oc56)CCC=C7)c5ccc2c3c45)cc1. The molecule has 2 heteroatoms. The van der Waals surface area contributed by atoms with Gasteiger partial charge in [0, 0.05) is 22.9 Å². The van der Waals surface area contributed by atoms with E-state index < -0.39 is 0 Å². The summed E-state index contributed by atoms with van der Waals surface area (Å²) in [5.41, 5.74) is 11.3. The van der Waals surface area contributed by atoms with Crippen molar-refractivity contribution in [2.75, 3.05) is 0 Å². The molecule has 1 nitrogen and oxygen atoms in total. The minimum Gasteiger partial charge on any atom is -0.460 e. The molecule has 0 radical (unpaired) electrons. The molecule has 6 aromatic carbocycles. The number of para-hydroxylation sites is 1. The zero-order chi connectivity index (χ0) is 28.7. The molecule has 0 spiro atoms. The van der Waals surface area contributed by atoms with Crippen LogP contribution in [0.25, 0.3) is 77.2 Å². The predicted octanol–water partition coefficient (Wildman–Crippen LogP) is 12.4. The minimum absolute atomic E-state index is 0.962. The van der Waals surface area contributed by atoms with Gasteiger partial charge in [0.15, 0.2) is 0 Å². The fourth-order valence-electron chi connectivity index (χ4n) is 7.39. The van der Waals surface area contributed by atoms with Crippen molar-refractivity contribution >= 4 is 77.5 Å². The summed E-state index contributed by atoms with van der Waals surface area (Å²) >= 11 is 2.48. The zero-order valence-corrected chi connectivity index (χ0v) is 26.2. The van der Waals surface area contributed by atoms with Crippen molar-refractivity contribution in [1.82, 2.24) is 0 Å². The lowest BCUT2D eigenvalue weighted by Crippen LogP contribution is -1.96. The number of aryl methyl sites for hydroxylation is 2. The van der Waals surface area contributed by atoms with Crippen LogP contribution in [0.2, 0.25) is 0 Å². The molecule has 1 aromatic heterocycles. The molecule has 0 saturated heterocycles. The van der Waals surface area contributed by atoms with E-state index in [1.54, 1.807) is 0 Å². The lowest BCUT2D eigenvalue weighted by molar-refractivity contribution is 0.547. The molecular weight excluding hydrogens is 635 g/mol. The van der Waals surface area contributed by atoms with Gasteiger partial charge in [-0.2, -0.15) is 0 Å². The maximum atomic E-state index is 6.68. The van der Waals surface area contributed by atoms with E-state index in [0.717, 1.165) is 37.0 Å². The average Bonchev–Trinajstić information content (AvgIpc) is 3.43. The largest absolute Gasteiger partial charge is 0.460 e. The van der Waals surface area contributed by atoms with E-state index in [1.807, 2.05) is 0 Å². The molecule has 0 aliphatic heterocycles. The number of hydrogen-bond acceptors (Lipinski definition) is 1. The van der Waals surface area contributed by atoms with Crippen molar-refractivity contribution in [1.29, 1.82) is 0 Å². The first-order valence-corrected chi connectivity index (χ1v) is 16.3. The third kappa shape index (κ3) is 3.89. The number of fused-ring (bicyclic) bond motifs is 3. The van der Waals surface area contributed by atoms with Gasteiger partial charge in [-0.15, -0.1) is 0 Å². The molecule has 0 saturated carbocycles. The van der Waals surface area contributed by atoms with Crippen LogP contribution >= 0.6 is 22.6 Å². The van der Waals surface area contributed by atoms with Gasteiger partial charge in [-0.1, -0.05) is 109 Å². The molecule has 206 valence electrons. The first kappa shape index (κ1) is 25.4. The summed E-state index contributed by atoms with van der Waals surface area (Å²) in [6.45, 7) is 2.15. The van der Waals surface area contributed by atoms with Gasteiger partial charge in [0.1, 0.15) is 11.3 Å². The molecule has 0 fully saturated rings. The Labute approximate surface area is 264 Å². The first-order valence-electron chi connectivity index (χ1n) is 15.2. The molecule has 1 heterocycles. The van der Waals surface area contributed by atoms with Gasteiger partial charge >= 0.3 is 0 Å². The van der Waals surface area contributed by atoms with Gasteiger partial charge in [0.05, 0.1) is 0 Å². The molecular formula is C41H29IO. The van der Waals surface area contributed by atoms with Crippen LogP contribution in [-0.4, -0.2) is 0 Å². The highest BCUT2D eigenvalue weighted by Gasteiger charge is 2.23. The molecule has 0 bridgehead atoms. The topological polar surface area (TPSA) is 13.1 Å². The molecule has 0 unspecified atom stereocenters. The normalized spacial score (nSPS) is 15.0. The van der Waals surface area contributed by atoms with Crippen molar-refractivity contribution in [3.05, 3.63) is 129 Å². The average molecular weight is 665 g/mol. The van der Waals surface area contributed by atoms with Crippen LogP contribution in [0.5, 0.6) is 0 Å². The number of furan rings is 1. The first-order chi connectivity index (χ1) is 21.1. The summed E-state index contributed by atoms with van der Waals surface area (Å²) in [7, 11) is 0. The molecule has 0 amide bonds. The third-order valence-corrected chi connectivity index (χ3v) is 10.4. The quantitative estimate of drug-likeness (QED) is 0.135. The lowest BCUT2D eigenvalue weighted by atomic mass is 9.82. The standard InChI is InChI=1S/C41H29IO/c1-24-9-11-25(12-10-24)29-19-15-27-16-20-32-36(26-13-17-28(42)18-14-26)23-37(33-22-21-31(29)39(27)40(32)33)35-7-4-6-34-30-5-2-3-8-38(30)43-41(34)35/h2,4-7,9-13,15-17,19-23H,3,8,14,18H2,1H3. The van der Waals surface area contributed by atoms with Crippen LogP contribution in [0.4, 0.5) is 0 Å². The Balaban J connectivity index is 1.41. The minimum atomic E-state index is 0.962. The highest BCUT2D eigenvalue weighted by molar-refractivity contribution is 14.1. The third-order valence-electron chi connectivity index (χ3n) is 9.53. The molecule has 9 rings (SSSR count). The van der Waals surface area contributed by atoms with Crippen molar-refractivity contribution in [2.45, 2.75) is 32.6 Å². The van der Waals surface area contributed by atoms with Gasteiger partial charge in [0.2, 0.25) is 0 Å². The van der Waals surface area contributed by atoms with E-state index in [0.29, 0.717) is 0 Å². The molecule has 2 aliphatic carbocycles. The van der Waals surface area contributed by atoms with E-state index in [4.69, 9.17) is 4.42 Å². The second kappa shape index (κ2) is 9.68. The Kier molecular flexibility index (Phi) is 5.71. The van der Waals surface area contributed by atoms with E-state index in [1.165, 1.54) is 85.8 Å². The summed E-state index contributed by atoms with van der Waals surface area (Å²) in [6, 6.07) is 32.1. The molecule has 43 heavy (non-hydrogen) atoms.